The monoisotopic (exact) mass is 621 g/mol. The van der Waals surface area contributed by atoms with Gasteiger partial charge in [0.05, 0.1) is 24.7 Å². The van der Waals surface area contributed by atoms with Crippen LogP contribution in [0.25, 0.3) is 11.2 Å². The number of aryl methyl sites for hydroxylation is 1. The molecule has 4 aromatic carbocycles. The predicted octanol–water partition coefficient (Wildman–Crippen LogP) is 6.91. The summed E-state index contributed by atoms with van der Waals surface area (Å²) in [6.07, 6.45) is 0. The van der Waals surface area contributed by atoms with Gasteiger partial charge in [-0.05, 0) is 42.3 Å². The second-order valence-corrected chi connectivity index (χ2v) is 11.1. The molecule has 2 aromatic heterocycles. The van der Waals surface area contributed by atoms with Crippen LogP contribution in [0.4, 0.5) is 0 Å². The Hall–Kier alpha value is -6.21. The largest absolute Gasteiger partial charge is 0.485 e. The minimum Gasteiger partial charge on any atom is -0.485 e. The summed E-state index contributed by atoms with van der Waals surface area (Å²) in [6.45, 7) is 4.41. The van der Waals surface area contributed by atoms with Crippen molar-refractivity contribution in [2.45, 2.75) is 20.1 Å². The zero-order chi connectivity index (χ0) is 32.2. The van der Waals surface area contributed by atoms with Crippen LogP contribution in [0.3, 0.4) is 0 Å². The zero-order valence-corrected chi connectivity index (χ0v) is 26.0. The maximum absolute atomic E-state index is 9.65. The van der Waals surface area contributed by atoms with Crippen molar-refractivity contribution in [1.29, 1.82) is 5.26 Å². The third-order valence-electron chi connectivity index (χ3n) is 7.79. The molecule has 0 radical (unpaired) electrons. The molecule has 0 atom stereocenters. The van der Waals surface area contributed by atoms with Gasteiger partial charge >= 0.3 is 6.01 Å². The molecule has 0 bridgehead atoms. The van der Waals surface area contributed by atoms with Crippen molar-refractivity contribution in [3.8, 4) is 35.2 Å². The number of fused-ring (bicyclic) bond motifs is 1. The molecule has 7 rings (SSSR count). The molecular formula is C37H31N7O3. The number of likely N-dealkylation sites (N-methyl/N-ethyl adjacent to an activating group) is 1. The van der Waals surface area contributed by atoms with E-state index in [1.807, 2.05) is 91.3 Å². The summed E-state index contributed by atoms with van der Waals surface area (Å²) < 4.78 is 20.9. The standard InChI is InChI=1S/C37H31N7O3/c1-25-40-33-35(44(25)23-26-10-5-3-6-11-26)41-37(42-36(33)46-30-15-9-14-29(21-30)34-39-18-19-43(34)2)47-32-20-28(22-38)16-17-31(32)45-24-27-12-7-4-8-13-27/h3-17,20-21H,18-19,23-24H2,1-2H3. The highest BCUT2D eigenvalue weighted by Gasteiger charge is 2.21. The van der Waals surface area contributed by atoms with Gasteiger partial charge in [0.25, 0.3) is 5.88 Å². The summed E-state index contributed by atoms with van der Waals surface area (Å²) in [5.74, 6) is 3.22. The maximum Gasteiger partial charge on any atom is 0.327 e. The summed E-state index contributed by atoms with van der Waals surface area (Å²) in [5, 5.41) is 9.65. The van der Waals surface area contributed by atoms with Gasteiger partial charge in [-0.25, -0.2) is 4.98 Å². The van der Waals surface area contributed by atoms with Crippen molar-refractivity contribution in [3.05, 3.63) is 131 Å². The smallest absolute Gasteiger partial charge is 0.327 e. The van der Waals surface area contributed by atoms with Gasteiger partial charge in [0.15, 0.2) is 22.7 Å². The number of rotatable bonds is 10. The van der Waals surface area contributed by atoms with Gasteiger partial charge in [0, 0.05) is 25.2 Å². The van der Waals surface area contributed by atoms with Crippen LogP contribution in [0.15, 0.2) is 108 Å². The highest BCUT2D eigenvalue weighted by molar-refractivity contribution is 6.00. The molecule has 232 valence electrons. The number of amidine groups is 1. The zero-order valence-electron chi connectivity index (χ0n) is 26.0. The number of nitriles is 1. The number of aromatic nitrogens is 4. The summed E-state index contributed by atoms with van der Waals surface area (Å²) in [7, 11) is 2.03. The highest BCUT2D eigenvalue weighted by atomic mass is 16.5. The molecule has 0 saturated heterocycles. The lowest BCUT2D eigenvalue weighted by atomic mass is 10.2. The summed E-state index contributed by atoms with van der Waals surface area (Å²) in [4.78, 5) is 21.1. The number of benzene rings is 4. The molecular weight excluding hydrogens is 590 g/mol. The van der Waals surface area contributed by atoms with Crippen molar-refractivity contribution in [2.24, 2.45) is 4.99 Å². The van der Waals surface area contributed by atoms with Crippen LogP contribution in [0.2, 0.25) is 0 Å². The van der Waals surface area contributed by atoms with Crippen molar-refractivity contribution < 1.29 is 14.2 Å². The molecule has 47 heavy (non-hydrogen) atoms. The van der Waals surface area contributed by atoms with Gasteiger partial charge in [-0.1, -0.05) is 72.8 Å². The lowest BCUT2D eigenvalue weighted by Gasteiger charge is -2.15. The fourth-order valence-corrected chi connectivity index (χ4v) is 5.40. The Morgan fingerprint density at radius 2 is 1.60 bits per heavy atom. The van der Waals surface area contributed by atoms with E-state index in [1.54, 1.807) is 18.2 Å². The predicted molar refractivity (Wildman–Crippen MR) is 178 cm³/mol. The number of hydrogen-bond donors (Lipinski definition) is 0. The van der Waals surface area contributed by atoms with E-state index in [0.29, 0.717) is 47.1 Å². The number of aliphatic imine (C=N–C) groups is 1. The van der Waals surface area contributed by atoms with E-state index in [1.165, 1.54) is 0 Å². The first kappa shape index (κ1) is 29.5. The molecule has 6 aromatic rings. The van der Waals surface area contributed by atoms with Crippen molar-refractivity contribution in [2.75, 3.05) is 20.1 Å². The SMILES string of the molecule is Cc1nc2c(Oc3cccc(C4=NCCN4C)c3)nc(Oc3cc(C#N)ccc3OCc3ccccc3)nc2n1Cc1ccccc1. The Kier molecular flexibility index (Phi) is 8.18. The van der Waals surface area contributed by atoms with Crippen LogP contribution in [0.5, 0.6) is 29.1 Å². The maximum atomic E-state index is 9.65. The second kappa shape index (κ2) is 13.0. The first-order valence-corrected chi connectivity index (χ1v) is 15.3. The number of ether oxygens (including phenoxy) is 3. The van der Waals surface area contributed by atoms with Gasteiger partial charge in [0.1, 0.15) is 24.0 Å². The molecule has 0 spiro atoms. The molecule has 0 unspecified atom stereocenters. The molecule has 0 saturated carbocycles. The van der Waals surface area contributed by atoms with Crippen LogP contribution >= 0.6 is 0 Å². The Morgan fingerprint density at radius 1 is 0.809 bits per heavy atom. The number of hydrogen-bond acceptors (Lipinski definition) is 9. The topological polar surface area (TPSA) is 111 Å². The number of nitrogens with zero attached hydrogens (tertiary/aromatic N) is 7. The second-order valence-electron chi connectivity index (χ2n) is 11.1. The average Bonchev–Trinajstić information content (AvgIpc) is 3.67. The van der Waals surface area contributed by atoms with E-state index < -0.39 is 0 Å². The first-order valence-electron chi connectivity index (χ1n) is 15.3. The fourth-order valence-electron chi connectivity index (χ4n) is 5.40. The average molecular weight is 622 g/mol. The van der Waals surface area contributed by atoms with Crippen molar-refractivity contribution in [3.63, 3.8) is 0 Å². The van der Waals surface area contributed by atoms with E-state index in [2.05, 4.69) is 28.1 Å². The van der Waals surface area contributed by atoms with Gasteiger partial charge in [-0.15, -0.1) is 0 Å². The van der Waals surface area contributed by atoms with Crippen molar-refractivity contribution >= 4 is 17.0 Å². The third kappa shape index (κ3) is 6.46. The highest BCUT2D eigenvalue weighted by Crippen LogP contribution is 2.36. The summed E-state index contributed by atoms with van der Waals surface area (Å²) in [5.41, 5.74) is 4.48. The Bertz CT molecular complexity index is 2120. The molecule has 10 nitrogen and oxygen atoms in total. The molecule has 1 aliphatic heterocycles. The normalized spacial score (nSPS) is 12.5. The summed E-state index contributed by atoms with van der Waals surface area (Å²) >= 11 is 0. The molecule has 0 fully saturated rings. The van der Waals surface area contributed by atoms with Crippen LogP contribution in [0.1, 0.15) is 28.1 Å². The van der Waals surface area contributed by atoms with E-state index >= 15 is 0 Å². The van der Waals surface area contributed by atoms with Gasteiger partial charge in [-0.3, -0.25) is 4.99 Å². The molecule has 1 aliphatic rings. The molecule has 10 heteroatoms. The van der Waals surface area contributed by atoms with Gasteiger partial charge < -0.3 is 23.7 Å². The molecule has 0 amide bonds. The third-order valence-corrected chi connectivity index (χ3v) is 7.79. The fraction of sp³-hybridized carbons (Fsp3) is 0.162. The van der Waals surface area contributed by atoms with E-state index in [9.17, 15) is 5.26 Å². The lowest BCUT2D eigenvalue weighted by Crippen LogP contribution is -2.23. The van der Waals surface area contributed by atoms with E-state index in [4.69, 9.17) is 29.2 Å². The van der Waals surface area contributed by atoms with Crippen LogP contribution in [-0.2, 0) is 13.2 Å². The minimum absolute atomic E-state index is 0.0254. The minimum atomic E-state index is 0.0254. The van der Waals surface area contributed by atoms with Gasteiger partial charge in [0.2, 0.25) is 0 Å². The van der Waals surface area contributed by atoms with Crippen LogP contribution in [-0.4, -0.2) is 50.4 Å². The van der Waals surface area contributed by atoms with Crippen LogP contribution < -0.4 is 14.2 Å². The molecule has 3 heterocycles. The molecule has 0 N–H and O–H groups in total. The quantitative estimate of drug-likeness (QED) is 0.162. The summed E-state index contributed by atoms with van der Waals surface area (Å²) in [6, 6.07) is 34.9. The van der Waals surface area contributed by atoms with Gasteiger partial charge in [-0.2, -0.15) is 15.2 Å². The first-order chi connectivity index (χ1) is 23.0. The lowest BCUT2D eigenvalue weighted by molar-refractivity contribution is 0.288. The van der Waals surface area contributed by atoms with Crippen LogP contribution in [0, 0.1) is 18.3 Å². The van der Waals surface area contributed by atoms with E-state index in [0.717, 1.165) is 41.4 Å². The number of imidazole rings is 1. The van der Waals surface area contributed by atoms with Crippen molar-refractivity contribution in [1.82, 2.24) is 24.4 Å². The van der Waals surface area contributed by atoms with E-state index in [-0.39, 0.29) is 11.9 Å². The molecule has 0 aliphatic carbocycles. The Labute approximate surface area is 272 Å². The Morgan fingerprint density at radius 3 is 2.34 bits per heavy atom. The Balaban J connectivity index is 1.29.